The Kier molecular flexibility index (Phi) is 4.24. The summed E-state index contributed by atoms with van der Waals surface area (Å²) in [6.07, 6.45) is 0.773. The maximum absolute atomic E-state index is 13.6. The molecule has 34 heavy (non-hydrogen) atoms. The highest BCUT2D eigenvalue weighted by atomic mass is 32.2. The summed E-state index contributed by atoms with van der Waals surface area (Å²) in [4.78, 5) is 44.4. The number of benzene rings is 2. The van der Waals surface area contributed by atoms with Gasteiger partial charge in [-0.15, -0.1) is 11.8 Å². The van der Waals surface area contributed by atoms with Crippen LogP contribution in [0.1, 0.15) is 22.8 Å². The van der Waals surface area contributed by atoms with Crippen molar-refractivity contribution in [2.75, 3.05) is 4.90 Å². The molecule has 2 amide bonds. The van der Waals surface area contributed by atoms with Gasteiger partial charge < -0.3 is 10.1 Å². The number of aromatic hydroxyl groups is 1. The lowest BCUT2D eigenvalue weighted by Gasteiger charge is -2.43. The molecule has 3 fully saturated rings. The van der Waals surface area contributed by atoms with Crippen molar-refractivity contribution in [3.8, 4) is 5.75 Å². The van der Waals surface area contributed by atoms with Crippen LogP contribution in [0.25, 0.3) is 0 Å². The van der Waals surface area contributed by atoms with Gasteiger partial charge in [0.2, 0.25) is 11.8 Å². The first-order valence-electron chi connectivity index (χ1n) is 11.2. The van der Waals surface area contributed by atoms with Gasteiger partial charge in [-0.2, -0.15) is 0 Å². The second-order valence-electron chi connectivity index (χ2n) is 9.51. The summed E-state index contributed by atoms with van der Waals surface area (Å²) in [5.74, 6) is -1.76. The molecule has 3 aromatic rings. The fraction of sp³-hybridized carbons (Fsp3) is 0.320. The largest absolute Gasteiger partial charge is 0.508 e. The molecule has 1 aromatic heterocycles. The van der Waals surface area contributed by atoms with Crippen molar-refractivity contribution in [3.63, 3.8) is 0 Å². The summed E-state index contributed by atoms with van der Waals surface area (Å²) in [6, 6.07) is 12.6. The number of halogens is 1. The van der Waals surface area contributed by atoms with E-state index in [4.69, 9.17) is 0 Å². The topological polar surface area (TPSA) is 90.5 Å². The number of para-hydroxylation sites is 1. The second kappa shape index (κ2) is 7.05. The van der Waals surface area contributed by atoms with Gasteiger partial charge in [0.05, 0.1) is 22.5 Å². The molecule has 7 atom stereocenters. The Bertz CT molecular complexity index is 1420. The lowest BCUT2D eigenvalue weighted by Crippen LogP contribution is -2.42. The highest BCUT2D eigenvalue weighted by Crippen LogP contribution is 2.69. The third kappa shape index (κ3) is 2.59. The van der Waals surface area contributed by atoms with Crippen LogP contribution in [0.3, 0.4) is 0 Å². The minimum absolute atomic E-state index is 0.00296. The Labute approximate surface area is 201 Å². The molecular formula is C25H19FN2O4S2. The average Bonchev–Trinajstić information content (AvgIpc) is 3.54. The summed E-state index contributed by atoms with van der Waals surface area (Å²) in [6.45, 7) is 0. The van der Waals surface area contributed by atoms with E-state index in [-0.39, 0.29) is 51.4 Å². The van der Waals surface area contributed by atoms with Crippen LogP contribution in [0.4, 0.5) is 10.1 Å². The van der Waals surface area contributed by atoms with Crippen LogP contribution in [-0.4, -0.2) is 27.2 Å². The minimum atomic E-state index is -0.435. The number of imide groups is 1. The Morgan fingerprint density at radius 1 is 0.971 bits per heavy atom. The van der Waals surface area contributed by atoms with Gasteiger partial charge in [0.25, 0.3) is 0 Å². The van der Waals surface area contributed by atoms with Crippen LogP contribution in [0.15, 0.2) is 58.4 Å². The summed E-state index contributed by atoms with van der Waals surface area (Å²) < 4.78 is 13.5. The third-order valence-corrected chi connectivity index (χ3v) is 10.7. The number of aromatic nitrogens is 1. The molecule has 0 spiro atoms. The van der Waals surface area contributed by atoms with Gasteiger partial charge in [-0.1, -0.05) is 29.5 Å². The van der Waals surface area contributed by atoms with Gasteiger partial charge in [0, 0.05) is 21.6 Å². The molecule has 2 aliphatic heterocycles. The lowest BCUT2D eigenvalue weighted by molar-refractivity contribution is -0.123. The molecule has 2 aromatic carbocycles. The molecule has 3 heterocycles. The van der Waals surface area contributed by atoms with Gasteiger partial charge >= 0.3 is 4.87 Å². The summed E-state index contributed by atoms with van der Waals surface area (Å²) in [5.41, 5.74) is 1.16. The molecule has 2 aliphatic carbocycles. The summed E-state index contributed by atoms with van der Waals surface area (Å²) in [5, 5.41) is 11.6. The van der Waals surface area contributed by atoms with E-state index in [0.29, 0.717) is 5.69 Å². The minimum Gasteiger partial charge on any atom is -0.508 e. The van der Waals surface area contributed by atoms with Crippen LogP contribution < -0.4 is 9.77 Å². The van der Waals surface area contributed by atoms with Crippen LogP contribution >= 0.6 is 23.1 Å². The molecule has 0 unspecified atom stereocenters. The van der Waals surface area contributed by atoms with E-state index >= 15 is 0 Å². The molecule has 2 N–H and O–H groups in total. The number of hydrogen-bond donors (Lipinski definition) is 2. The molecule has 172 valence electrons. The first-order chi connectivity index (χ1) is 16.4. The van der Waals surface area contributed by atoms with Crippen molar-refractivity contribution in [1.29, 1.82) is 0 Å². The van der Waals surface area contributed by atoms with E-state index in [1.165, 1.54) is 29.2 Å². The number of fused-ring (bicyclic) bond motifs is 9. The Morgan fingerprint density at radius 3 is 2.41 bits per heavy atom. The number of phenolic OH excluding ortho intramolecular Hbond substituents is 1. The zero-order valence-corrected chi connectivity index (χ0v) is 19.3. The van der Waals surface area contributed by atoms with Crippen molar-refractivity contribution in [1.82, 2.24) is 4.98 Å². The predicted molar refractivity (Wildman–Crippen MR) is 125 cm³/mol. The molecule has 4 aliphatic rings. The fourth-order valence-corrected chi connectivity index (χ4v) is 9.84. The third-order valence-electron chi connectivity index (χ3n) is 8.08. The fourth-order valence-electron chi connectivity index (χ4n) is 6.96. The van der Waals surface area contributed by atoms with Gasteiger partial charge in [0.15, 0.2) is 0 Å². The number of carbonyl (C=O) groups is 2. The normalized spacial score (nSPS) is 33.2. The quantitative estimate of drug-likeness (QED) is 0.527. The Hall–Kier alpha value is -2.91. The number of anilines is 1. The number of thiazole rings is 1. The molecule has 2 saturated carbocycles. The van der Waals surface area contributed by atoms with Gasteiger partial charge in [-0.3, -0.25) is 19.3 Å². The number of nitrogens with one attached hydrogen (secondary N) is 1. The van der Waals surface area contributed by atoms with Gasteiger partial charge in [-0.05, 0) is 54.5 Å². The van der Waals surface area contributed by atoms with Gasteiger partial charge in [-0.25, -0.2) is 4.39 Å². The maximum atomic E-state index is 13.6. The molecule has 0 radical (unpaired) electrons. The number of hydrogen-bond acceptors (Lipinski definition) is 6. The zero-order valence-electron chi connectivity index (χ0n) is 17.7. The van der Waals surface area contributed by atoms with Crippen LogP contribution in [0.2, 0.25) is 0 Å². The highest BCUT2D eigenvalue weighted by Gasteiger charge is 2.69. The number of aromatic amines is 1. The number of phenols is 1. The SMILES string of the molecule is O=C1[C@H]2[C@H]3C[C@@H]([C@@H]2C(=O)N1c1ccc(F)cc1)[C@H]1[C@H](c2ccccc2O)c2sc(=O)[nH]c2S[C@H]31. The van der Waals surface area contributed by atoms with Crippen molar-refractivity contribution < 1.29 is 19.1 Å². The van der Waals surface area contributed by atoms with Gasteiger partial charge in [0.1, 0.15) is 11.6 Å². The van der Waals surface area contributed by atoms with E-state index in [2.05, 4.69) is 4.98 Å². The smallest absolute Gasteiger partial charge is 0.305 e. The number of carbonyl (C=O) groups excluding carboxylic acids is 2. The number of amides is 2. The van der Waals surface area contributed by atoms with E-state index in [1.807, 2.05) is 12.1 Å². The molecule has 1 saturated heterocycles. The number of nitrogens with zero attached hydrogens (tertiary/aromatic N) is 1. The van der Waals surface area contributed by atoms with E-state index in [0.717, 1.165) is 33.2 Å². The number of thioether (sulfide) groups is 1. The van der Waals surface area contributed by atoms with Crippen LogP contribution in [0, 0.1) is 35.4 Å². The molecule has 7 rings (SSSR count). The Balaban J connectivity index is 1.34. The van der Waals surface area contributed by atoms with E-state index in [9.17, 15) is 23.9 Å². The van der Waals surface area contributed by atoms with Crippen molar-refractivity contribution in [3.05, 3.63) is 74.5 Å². The Morgan fingerprint density at radius 2 is 1.68 bits per heavy atom. The molecule has 9 heteroatoms. The predicted octanol–water partition coefficient (Wildman–Crippen LogP) is 3.96. The second-order valence-corrected chi connectivity index (χ2v) is 11.7. The average molecular weight is 495 g/mol. The van der Waals surface area contributed by atoms with Crippen LogP contribution in [-0.2, 0) is 9.59 Å². The molecular weight excluding hydrogens is 475 g/mol. The first kappa shape index (κ1) is 20.5. The maximum Gasteiger partial charge on any atom is 0.305 e. The highest BCUT2D eigenvalue weighted by molar-refractivity contribution is 8.00. The lowest BCUT2D eigenvalue weighted by atomic mass is 9.68. The standard InChI is InChI=1S/C25H19FN2O4S2/c26-10-5-7-11(8-6-10)28-23(30)18-13-9-14(19(18)24(28)31)20-17(13)16(12-3-1-2-4-15(12)29)21-22(33-20)27-25(32)34-21/h1-8,13-14,16-20,29H,9H2,(H,27,32)/t13-,14-,16+,17+,18+,19+,20-/m1/s1. The summed E-state index contributed by atoms with van der Waals surface area (Å²) >= 11 is 2.77. The number of rotatable bonds is 2. The van der Waals surface area contributed by atoms with Crippen molar-refractivity contribution in [2.24, 2.45) is 29.6 Å². The van der Waals surface area contributed by atoms with Crippen LogP contribution in [0.5, 0.6) is 5.75 Å². The molecule has 6 nitrogen and oxygen atoms in total. The van der Waals surface area contributed by atoms with E-state index < -0.39 is 17.7 Å². The van der Waals surface area contributed by atoms with Crippen molar-refractivity contribution in [2.45, 2.75) is 22.6 Å². The summed E-state index contributed by atoms with van der Waals surface area (Å²) in [7, 11) is 0. The monoisotopic (exact) mass is 494 g/mol. The van der Waals surface area contributed by atoms with E-state index in [1.54, 1.807) is 23.9 Å². The molecule has 2 bridgehead atoms. The zero-order chi connectivity index (χ0) is 23.3. The van der Waals surface area contributed by atoms with Crippen molar-refractivity contribution >= 4 is 40.6 Å². The first-order valence-corrected chi connectivity index (χ1v) is 12.9. The number of H-pyrrole nitrogens is 1.